The van der Waals surface area contributed by atoms with E-state index in [0.29, 0.717) is 22.9 Å². The van der Waals surface area contributed by atoms with Crippen molar-refractivity contribution >= 4 is 34.9 Å². The highest BCUT2D eigenvalue weighted by atomic mass is 35.5. The van der Waals surface area contributed by atoms with Gasteiger partial charge in [0, 0.05) is 31.5 Å². The number of halogens is 1. The van der Waals surface area contributed by atoms with Gasteiger partial charge in [0.25, 0.3) is 0 Å². The maximum Gasteiger partial charge on any atom is 0.319 e. The topological polar surface area (TPSA) is 83.1 Å². The summed E-state index contributed by atoms with van der Waals surface area (Å²) < 4.78 is 0. The fraction of sp³-hybridized carbons (Fsp3) is 0.235. The van der Waals surface area contributed by atoms with E-state index in [0.717, 1.165) is 17.5 Å². The molecule has 24 heavy (non-hydrogen) atoms. The molecule has 0 unspecified atom stereocenters. The molecule has 1 aromatic heterocycles. The van der Waals surface area contributed by atoms with Gasteiger partial charge in [-0.05, 0) is 48.7 Å². The molecule has 126 valence electrons. The fourth-order valence-electron chi connectivity index (χ4n) is 2.16. The van der Waals surface area contributed by atoms with Crippen molar-refractivity contribution in [2.24, 2.45) is 0 Å². The molecule has 3 N–H and O–H groups in total. The van der Waals surface area contributed by atoms with Crippen molar-refractivity contribution in [3.63, 3.8) is 0 Å². The normalized spacial score (nSPS) is 10.1. The molecule has 0 fully saturated rings. The third-order valence-electron chi connectivity index (χ3n) is 3.35. The molecule has 0 saturated carbocycles. The first-order chi connectivity index (χ1) is 11.5. The van der Waals surface area contributed by atoms with Crippen LogP contribution < -0.4 is 16.0 Å². The number of pyridine rings is 1. The number of amides is 3. The minimum atomic E-state index is -0.337. The predicted molar refractivity (Wildman–Crippen MR) is 95.5 cm³/mol. The summed E-state index contributed by atoms with van der Waals surface area (Å²) in [5, 5.41) is 8.44. The second kappa shape index (κ2) is 8.31. The number of aromatic nitrogens is 1. The Morgan fingerprint density at radius 2 is 2.00 bits per heavy atom. The summed E-state index contributed by atoms with van der Waals surface area (Å²) in [6.07, 6.45) is 4.25. The fourth-order valence-corrected chi connectivity index (χ4v) is 2.39. The summed E-state index contributed by atoms with van der Waals surface area (Å²) in [6, 6.07) is 6.49. The van der Waals surface area contributed by atoms with Crippen LogP contribution in [-0.4, -0.2) is 23.5 Å². The molecule has 0 bridgehead atoms. The standard InChI is InChI=1S/C17H19ClN4O2/c1-11-10-19-7-5-13(11)6-8-20-17(24)22-16-4-3-14(9-15(16)18)21-12(2)23/h3-5,7,9-10H,6,8H2,1-2H3,(H,21,23)(H2,20,22,24). The Morgan fingerprint density at radius 3 is 2.67 bits per heavy atom. The van der Waals surface area contributed by atoms with E-state index in [2.05, 4.69) is 20.9 Å². The molecule has 7 heteroatoms. The second-order valence-corrected chi connectivity index (χ2v) is 5.72. The van der Waals surface area contributed by atoms with Crippen molar-refractivity contribution in [2.45, 2.75) is 20.3 Å². The van der Waals surface area contributed by atoms with Crippen LogP contribution in [-0.2, 0) is 11.2 Å². The number of anilines is 2. The Bertz CT molecular complexity index is 749. The number of hydrogen-bond donors (Lipinski definition) is 3. The number of urea groups is 1. The molecule has 6 nitrogen and oxygen atoms in total. The van der Waals surface area contributed by atoms with Gasteiger partial charge in [0.15, 0.2) is 0 Å². The van der Waals surface area contributed by atoms with Gasteiger partial charge < -0.3 is 16.0 Å². The summed E-state index contributed by atoms with van der Waals surface area (Å²) in [6.45, 7) is 3.90. The molecule has 0 aliphatic heterocycles. The third kappa shape index (κ3) is 5.24. The van der Waals surface area contributed by atoms with Crippen LogP contribution in [0.2, 0.25) is 5.02 Å². The molecule has 0 radical (unpaired) electrons. The zero-order valence-corrected chi connectivity index (χ0v) is 14.3. The summed E-state index contributed by atoms with van der Waals surface area (Å²) >= 11 is 6.11. The smallest absolute Gasteiger partial charge is 0.319 e. The highest BCUT2D eigenvalue weighted by molar-refractivity contribution is 6.34. The first kappa shape index (κ1) is 17.7. The summed E-state index contributed by atoms with van der Waals surface area (Å²) in [4.78, 5) is 27.0. The second-order valence-electron chi connectivity index (χ2n) is 5.31. The minimum Gasteiger partial charge on any atom is -0.338 e. The maximum absolute atomic E-state index is 11.9. The largest absolute Gasteiger partial charge is 0.338 e. The van der Waals surface area contributed by atoms with E-state index >= 15 is 0 Å². The Kier molecular flexibility index (Phi) is 6.14. The quantitative estimate of drug-likeness (QED) is 0.776. The van der Waals surface area contributed by atoms with Gasteiger partial charge in [0.2, 0.25) is 5.91 Å². The number of carbonyl (C=O) groups is 2. The van der Waals surface area contributed by atoms with Crippen LogP contribution in [0.5, 0.6) is 0 Å². The average molecular weight is 347 g/mol. The first-order valence-corrected chi connectivity index (χ1v) is 7.85. The van der Waals surface area contributed by atoms with E-state index in [1.807, 2.05) is 13.0 Å². The molecular formula is C17H19ClN4O2. The van der Waals surface area contributed by atoms with E-state index in [9.17, 15) is 9.59 Å². The molecule has 1 heterocycles. The van der Waals surface area contributed by atoms with E-state index in [1.165, 1.54) is 6.92 Å². The lowest BCUT2D eigenvalue weighted by molar-refractivity contribution is -0.114. The lowest BCUT2D eigenvalue weighted by atomic mass is 10.1. The number of rotatable bonds is 5. The molecule has 2 aromatic rings. The van der Waals surface area contributed by atoms with Crippen LogP contribution in [0.4, 0.5) is 16.2 Å². The monoisotopic (exact) mass is 346 g/mol. The van der Waals surface area contributed by atoms with E-state index in [-0.39, 0.29) is 11.9 Å². The van der Waals surface area contributed by atoms with Gasteiger partial charge >= 0.3 is 6.03 Å². The summed E-state index contributed by atoms with van der Waals surface area (Å²) in [5.41, 5.74) is 3.29. The van der Waals surface area contributed by atoms with Crippen molar-refractivity contribution < 1.29 is 9.59 Å². The Labute approximate surface area is 145 Å². The van der Waals surface area contributed by atoms with Crippen molar-refractivity contribution in [3.05, 3.63) is 52.8 Å². The van der Waals surface area contributed by atoms with Crippen molar-refractivity contribution in [1.29, 1.82) is 0 Å². The molecule has 2 rings (SSSR count). The minimum absolute atomic E-state index is 0.184. The van der Waals surface area contributed by atoms with Gasteiger partial charge in [0.1, 0.15) is 0 Å². The highest BCUT2D eigenvalue weighted by Crippen LogP contribution is 2.25. The Balaban J connectivity index is 1.86. The SMILES string of the molecule is CC(=O)Nc1ccc(NC(=O)NCCc2ccncc2C)c(Cl)c1. The maximum atomic E-state index is 11.9. The van der Waals surface area contributed by atoms with E-state index in [1.54, 1.807) is 30.6 Å². The van der Waals surface area contributed by atoms with Crippen LogP contribution in [0.3, 0.4) is 0 Å². The Hall–Kier alpha value is -2.60. The molecular weight excluding hydrogens is 328 g/mol. The first-order valence-electron chi connectivity index (χ1n) is 7.47. The van der Waals surface area contributed by atoms with Gasteiger partial charge in [-0.1, -0.05) is 11.6 Å². The average Bonchev–Trinajstić information content (AvgIpc) is 2.51. The summed E-state index contributed by atoms with van der Waals surface area (Å²) in [5.74, 6) is -0.184. The van der Waals surface area contributed by atoms with Crippen LogP contribution in [0.25, 0.3) is 0 Å². The Morgan fingerprint density at radius 1 is 1.21 bits per heavy atom. The van der Waals surface area contributed by atoms with Crippen LogP contribution in [0.1, 0.15) is 18.1 Å². The van der Waals surface area contributed by atoms with Gasteiger partial charge in [-0.3, -0.25) is 9.78 Å². The van der Waals surface area contributed by atoms with Crippen molar-refractivity contribution in [3.8, 4) is 0 Å². The number of nitrogens with zero attached hydrogens (tertiary/aromatic N) is 1. The van der Waals surface area contributed by atoms with Crippen LogP contribution in [0.15, 0.2) is 36.7 Å². The van der Waals surface area contributed by atoms with E-state index in [4.69, 9.17) is 11.6 Å². The highest BCUT2D eigenvalue weighted by Gasteiger charge is 2.07. The molecule has 3 amide bonds. The number of carbonyl (C=O) groups excluding carboxylic acids is 2. The molecule has 0 spiro atoms. The molecule has 0 aliphatic rings. The number of aryl methyl sites for hydroxylation is 1. The predicted octanol–water partition coefficient (Wildman–Crippen LogP) is 3.37. The number of nitrogens with one attached hydrogen (secondary N) is 3. The molecule has 0 atom stereocenters. The third-order valence-corrected chi connectivity index (χ3v) is 3.67. The lowest BCUT2D eigenvalue weighted by Gasteiger charge is -2.11. The number of benzene rings is 1. The molecule has 0 aliphatic carbocycles. The van der Waals surface area contributed by atoms with Gasteiger partial charge in [-0.25, -0.2) is 4.79 Å². The van der Waals surface area contributed by atoms with Crippen molar-refractivity contribution in [1.82, 2.24) is 10.3 Å². The lowest BCUT2D eigenvalue weighted by Crippen LogP contribution is -2.30. The molecule has 0 saturated heterocycles. The van der Waals surface area contributed by atoms with Gasteiger partial charge in [-0.2, -0.15) is 0 Å². The van der Waals surface area contributed by atoms with E-state index < -0.39 is 0 Å². The van der Waals surface area contributed by atoms with Crippen LogP contribution in [0, 0.1) is 6.92 Å². The zero-order chi connectivity index (χ0) is 17.5. The zero-order valence-electron chi connectivity index (χ0n) is 13.5. The van der Waals surface area contributed by atoms with Gasteiger partial charge in [0.05, 0.1) is 10.7 Å². The van der Waals surface area contributed by atoms with Crippen LogP contribution >= 0.6 is 11.6 Å². The molecule has 1 aromatic carbocycles. The summed E-state index contributed by atoms with van der Waals surface area (Å²) in [7, 11) is 0. The number of hydrogen-bond acceptors (Lipinski definition) is 3. The van der Waals surface area contributed by atoms with Crippen molar-refractivity contribution in [2.75, 3.05) is 17.2 Å². The van der Waals surface area contributed by atoms with Gasteiger partial charge in [-0.15, -0.1) is 0 Å².